The molecule has 4 nitrogen and oxygen atoms in total. The van der Waals surface area contributed by atoms with Crippen molar-refractivity contribution in [2.75, 3.05) is 11.9 Å². The molecule has 3 N–H and O–H groups in total. The van der Waals surface area contributed by atoms with E-state index in [1.807, 2.05) is 18.2 Å². The first kappa shape index (κ1) is 15.6. The molecule has 0 aliphatic rings. The number of para-hydroxylation sites is 1. The second kappa shape index (κ2) is 7.31. The molecule has 0 bridgehead atoms. The third-order valence-electron chi connectivity index (χ3n) is 2.81. The van der Waals surface area contributed by atoms with E-state index in [1.165, 1.54) is 0 Å². The fraction of sp³-hybridized carbons (Fsp3) is 0.133. The van der Waals surface area contributed by atoms with Gasteiger partial charge in [-0.2, -0.15) is 0 Å². The Bertz CT molecular complexity index is 620. The predicted molar refractivity (Wildman–Crippen MR) is 84.9 cm³/mol. The number of nitrogens with one attached hydrogen (secondary N) is 2. The van der Waals surface area contributed by atoms with E-state index in [0.29, 0.717) is 21.3 Å². The summed E-state index contributed by atoms with van der Waals surface area (Å²) in [4.78, 5) is 11.7. The van der Waals surface area contributed by atoms with Crippen LogP contribution >= 0.6 is 23.2 Å². The Morgan fingerprint density at radius 2 is 1.86 bits per heavy atom. The monoisotopic (exact) mass is 324 g/mol. The Morgan fingerprint density at radius 1 is 1.14 bits per heavy atom. The van der Waals surface area contributed by atoms with Gasteiger partial charge in [-0.25, -0.2) is 4.79 Å². The van der Waals surface area contributed by atoms with Crippen molar-refractivity contribution >= 4 is 34.9 Å². The molecule has 6 heteroatoms. The van der Waals surface area contributed by atoms with E-state index < -0.39 is 12.1 Å². The summed E-state index contributed by atoms with van der Waals surface area (Å²) in [5.41, 5.74) is 1.19. The highest BCUT2D eigenvalue weighted by atomic mass is 35.5. The van der Waals surface area contributed by atoms with E-state index in [-0.39, 0.29) is 6.54 Å². The van der Waals surface area contributed by atoms with Crippen LogP contribution in [0.25, 0.3) is 0 Å². The Balaban J connectivity index is 1.89. The maximum absolute atomic E-state index is 11.7. The van der Waals surface area contributed by atoms with Crippen LogP contribution in [0.3, 0.4) is 0 Å². The molecule has 0 spiro atoms. The summed E-state index contributed by atoms with van der Waals surface area (Å²) in [5.74, 6) is 0. The number of carbonyl (C=O) groups is 1. The molecule has 2 aromatic carbocycles. The lowest BCUT2D eigenvalue weighted by atomic mass is 10.1. The van der Waals surface area contributed by atoms with Gasteiger partial charge in [-0.3, -0.25) is 0 Å². The molecule has 0 aliphatic carbocycles. The van der Waals surface area contributed by atoms with E-state index >= 15 is 0 Å². The first-order valence-electron chi connectivity index (χ1n) is 6.29. The summed E-state index contributed by atoms with van der Waals surface area (Å²) in [6.45, 7) is 0.0417. The molecule has 0 radical (unpaired) electrons. The van der Waals surface area contributed by atoms with Crippen molar-refractivity contribution in [2.45, 2.75) is 6.10 Å². The van der Waals surface area contributed by atoms with Crippen LogP contribution < -0.4 is 10.6 Å². The highest BCUT2D eigenvalue weighted by Gasteiger charge is 2.13. The van der Waals surface area contributed by atoms with Gasteiger partial charge in [-0.05, 0) is 24.3 Å². The van der Waals surface area contributed by atoms with Crippen molar-refractivity contribution in [1.29, 1.82) is 0 Å². The van der Waals surface area contributed by atoms with Gasteiger partial charge in [-0.15, -0.1) is 0 Å². The van der Waals surface area contributed by atoms with E-state index in [9.17, 15) is 9.90 Å². The lowest BCUT2D eigenvalue weighted by Crippen LogP contribution is -2.32. The van der Waals surface area contributed by atoms with Crippen LogP contribution in [0.15, 0.2) is 48.5 Å². The zero-order valence-electron chi connectivity index (χ0n) is 11.0. The van der Waals surface area contributed by atoms with Crippen LogP contribution in [-0.2, 0) is 0 Å². The molecule has 1 unspecified atom stereocenters. The maximum Gasteiger partial charge on any atom is 0.319 e. The third kappa shape index (κ3) is 4.63. The number of carbonyl (C=O) groups excluding carboxylic acids is 1. The number of amides is 2. The van der Waals surface area contributed by atoms with E-state index in [2.05, 4.69) is 10.6 Å². The average Bonchev–Trinajstić information content (AvgIpc) is 2.46. The molecule has 0 fully saturated rings. The van der Waals surface area contributed by atoms with Gasteiger partial charge in [0.05, 0.1) is 6.10 Å². The molecule has 0 aliphatic heterocycles. The first-order chi connectivity index (χ1) is 10.1. The summed E-state index contributed by atoms with van der Waals surface area (Å²) in [5, 5.41) is 16.1. The summed E-state index contributed by atoms with van der Waals surface area (Å²) in [6.07, 6.45) is -0.906. The van der Waals surface area contributed by atoms with Crippen molar-refractivity contribution in [3.63, 3.8) is 0 Å². The fourth-order valence-corrected chi connectivity index (χ4v) is 2.30. The van der Waals surface area contributed by atoms with Gasteiger partial charge in [0.15, 0.2) is 0 Å². The molecule has 2 rings (SSSR count). The van der Waals surface area contributed by atoms with Gasteiger partial charge in [0, 0.05) is 27.8 Å². The number of aliphatic hydroxyl groups is 1. The molecular weight excluding hydrogens is 311 g/mol. The maximum atomic E-state index is 11.7. The molecule has 0 aromatic heterocycles. The number of rotatable bonds is 4. The molecule has 0 saturated heterocycles. The lowest BCUT2D eigenvalue weighted by molar-refractivity contribution is 0.175. The smallest absolute Gasteiger partial charge is 0.319 e. The van der Waals surface area contributed by atoms with Crippen LogP contribution in [0.2, 0.25) is 10.0 Å². The van der Waals surface area contributed by atoms with Gasteiger partial charge in [0.25, 0.3) is 0 Å². The molecule has 1 atom stereocenters. The zero-order chi connectivity index (χ0) is 15.2. The Morgan fingerprint density at radius 3 is 2.52 bits per heavy atom. The third-order valence-corrected chi connectivity index (χ3v) is 3.37. The number of urea groups is 1. The van der Waals surface area contributed by atoms with Crippen molar-refractivity contribution in [3.05, 3.63) is 64.1 Å². The number of halogens is 2. The number of benzene rings is 2. The SMILES string of the molecule is O=C(NCC(O)c1ccc(Cl)cc1Cl)Nc1ccccc1. The normalized spacial score (nSPS) is 11.8. The summed E-state index contributed by atoms with van der Waals surface area (Å²) < 4.78 is 0. The summed E-state index contributed by atoms with van der Waals surface area (Å²) in [7, 11) is 0. The van der Waals surface area contributed by atoms with E-state index in [4.69, 9.17) is 23.2 Å². The molecule has 110 valence electrons. The molecule has 0 saturated carbocycles. The van der Waals surface area contributed by atoms with Crippen LogP contribution in [0.1, 0.15) is 11.7 Å². The quantitative estimate of drug-likeness (QED) is 0.800. The van der Waals surface area contributed by atoms with Crippen molar-refractivity contribution < 1.29 is 9.90 Å². The second-order valence-corrected chi connectivity index (χ2v) is 5.23. The van der Waals surface area contributed by atoms with Gasteiger partial charge >= 0.3 is 6.03 Å². The Labute approximate surface area is 132 Å². The molecule has 21 heavy (non-hydrogen) atoms. The van der Waals surface area contributed by atoms with Crippen molar-refractivity contribution in [2.24, 2.45) is 0 Å². The van der Waals surface area contributed by atoms with Crippen LogP contribution in [0.5, 0.6) is 0 Å². The highest BCUT2D eigenvalue weighted by molar-refractivity contribution is 6.35. The van der Waals surface area contributed by atoms with Crippen LogP contribution in [0, 0.1) is 0 Å². The van der Waals surface area contributed by atoms with E-state index in [0.717, 1.165) is 0 Å². The lowest BCUT2D eigenvalue weighted by Gasteiger charge is -2.14. The zero-order valence-corrected chi connectivity index (χ0v) is 12.5. The summed E-state index contributed by atoms with van der Waals surface area (Å²) >= 11 is 11.8. The van der Waals surface area contributed by atoms with Crippen LogP contribution in [0.4, 0.5) is 10.5 Å². The van der Waals surface area contributed by atoms with Gasteiger partial charge in [0.1, 0.15) is 0 Å². The van der Waals surface area contributed by atoms with Crippen molar-refractivity contribution in [3.8, 4) is 0 Å². The van der Waals surface area contributed by atoms with Gasteiger partial charge in [0.2, 0.25) is 0 Å². The van der Waals surface area contributed by atoms with E-state index in [1.54, 1.807) is 30.3 Å². The van der Waals surface area contributed by atoms with Gasteiger partial charge < -0.3 is 15.7 Å². The Hall–Kier alpha value is -1.75. The topological polar surface area (TPSA) is 61.4 Å². The Kier molecular flexibility index (Phi) is 5.44. The average molecular weight is 325 g/mol. The largest absolute Gasteiger partial charge is 0.387 e. The highest BCUT2D eigenvalue weighted by Crippen LogP contribution is 2.25. The standard InChI is InChI=1S/C15H14Cl2N2O2/c16-10-6-7-12(13(17)8-10)14(20)9-18-15(21)19-11-4-2-1-3-5-11/h1-8,14,20H,9H2,(H2,18,19,21). The predicted octanol–water partition coefficient (Wildman–Crippen LogP) is 3.85. The number of anilines is 1. The minimum absolute atomic E-state index is 0.0417. The molecule has 2 aromatic rings. The van der Waals surface area contributed by atoms with Crippen molar-refractivity contribution in [1.82, 2.24) is 5.32 Å². The number of hydrogen-bond acceptors (Lipinski definition) is 2. The fourth-order valence-electron chi connectivity index (χ4n) is 1.77. The van der Waals surface area contributed by atoms with Crippen LogP contribution in [-0.4, -0.2) is 17.7 Å². The molecular formula is C15H14Cl2N2O2. The first-order valence-corrected chi connectivity index (χ1v) is 7.05. The summed E-state index contributed by atoms with van der Waals surface area (Å²) in [6, 6.07) is 13.4. The number of hydrogen-bond donors (Lipinski definition) is 3. The van der Waals surface area contributed by atoms with Gasteiger partial charge in [-0.1, -0.05) is 47.5 Å². The molecule has 2 amide bonds. The minimum atomic E-state index is -0.906. The molecule has 0 heterocycles. The number of aliphatic hydroxyl groups excluding tert-OH is 1. The second-order valence-electron chi connectivity index (χ2n) is 4.38. The minimum Gasteiger partial charge on any atom is -0.387 e.